The maximum Gasteiger partial charge on any atom is 0.234 e. The van der Waals surface area contributed by atoms with Gasteiger partial charge in [0.15, 0.2) is 0 Å². The maximum absolute atomic E-state index is 12.0. The summed E-state index contributed by atoms with van der Waals surface area (Å²) in [6.45, 7) is 4.18. The van der Waals surface area contributed by atoms with Gasteiger partial charge >= 0.3 is 0 Å². The molecule has 0 saturated heterocycles. The number of halogens is 1. The SMILES string of the molecule is C[C@H](NCC(=O)N[C@H](C)c1ccc(Br)cc1)c1ccco1. The summed E-state index contributed by atoms with van der Waals surface area (Å²) in [6, 6.07) is 11.6. The van der Waals surface area contributed by atoms with E-state index in [-0.39, 0.29) is 24.5 Å². The Kier molecular flexibility index (Phi) is 5.59. The smallest absolute Gasteiger partial charge is 0.234 e. The van der Waals surface area contributed by atoms with Crippen molar-refractivity contribution in [2.24, 2.45) is 0 Å². The Hall–Kier alpha value is -1.59. The van der Waals surface area contributed by atoms with Crippen molar-refractivity contribution in [1.82, 2.24) is 10.6 Å². The van der Waals surface area contributed by atoms with Gasteiger partial charge in [0.2, 0.25) is 5.91 Å². The quantitative estimate of drug-likeness (QED) is 0.837. The van der Waals surface area contributed by atoms with Gasteiger partial charge in [-0.1, -0.05) is 28.1 Å². The van der Waals surface area contributed by atoms with E-state index in [4.69, 9.17) is 4.42 Å². The molecule has 0 bridgehead atoms. The van der Waals surface area contributed by atoms with Crippen LogP contribution in [-0.4, -0.2) is 12.5 Å². The van der Waals surface area contributed by atoms with Gasteiger partial charge < -0.3 is 9.73 Å². The number of benzene rings is 1. The molecule has 0 saturated carbocycles. The highest BCUT2D eigenvalue weighted by Crippen LogP contribution is 2.16. The molecule has 1 aromatic carbocycles. The van der Waals surface area contributed by atoms with Crippen LogP contribution < -0.4 is 10.6 Å². The van der Waals surface area contributed by atoms with E-state index in [2.05, 4.69) is 26.6 Å². The minimum Gasteiger partial charge on any atom is -0.468 e. The van der Waals surface area contributed by atoms with Crippen molar-refractivity contribution in [2.75, 3.05) is 6.54 Å². The van der Waals surface area contributed by atoms with Crippen molar-refractivity contribution in [3.05, 3.63) is 58.5 Å². The van der Waals surface area contributed by atoms with Gasteiger partial charge in [-0.15, -0.1) is 0 Å². The van der Waals surface area contributed by atoms with Crippen LogP contribution in [0.2, 0.25) is 0 Å². The third-order valence-corrected chi connectivity index (χ3v) is 3.81. The summed E-state index contributed by atoms with van der Waals surface area (Å²) in [4.78, 5) is 12.0. The van der Waals surface area contributed by atoms with Crippen molar-refractivity contribution in [3.8, 4) is 0 Å². The van der Waals surface area contributed by atoms with E-state index in [0.29, 0.717) is 0 Å². The van der Waals surface area contributed by atoms with Crippen molar-refractivity contribution < 1.29 is 9.21 Å². The van der Waals surface area contributed by atoms with E-state index in [0.717, 1.165) is 15.8 Å². The number of hydrogen-bond donors (Lipinski definition) is 2. The molecule has 0 unspecified atom stereocenters. The Morgan fingerprint density at radius 3 is 2.52 bits per heavy atom. The molecule has 0 fully saturated rings. The largest absolute Gasteiger partial charge is 0.468 e. The standard InChI is InChI=1S/C16H19BrN2O2/c1-11(13-5-7-14(17)8-6-13)19-16(20)10-18-12(2)15-4-3-9-21-15/h3-9,11-12,18H,10H2,1-2H3,(H,19,20)/t11-,12+/m1/s1. The molecule has 0 spiro atoms. The van der Waals surface area contributed by atoms with E-state index < -0.39 is 0 Å². The first-order valence-corrected chi connectivity index (χ1v) is 7.67. The summed E-state index contributed by atoms with van der Waals surface area (Å²) in [5.41, 5.74) is 1.07. The third-order valence-electron chi connectivity index (χ3n) is 3.29. The van der Waals surface area contributed by atoms with Gasteiger partial charge in [0, 0.05) is 4.47 Å². The minimum atomic E-state index is -0.0381. The number of rotatable bonds is 6. The molecule has 5 heteroatoms. The highest BCUT2D eigenvalue weighted by Gasteiger charge is 2.12. The van der Waals surface area contributed by atoms with Gasteiger partial charge in [-0.25, -0.2) is 0 Å². The lowest BCUT2D eigenvalue weighted by molar-refractivity contribution is -0.121. The molecule has 0 aliphatic rings. The summed E-state index contributed by atoms with van der Waals surface area (Å²) in [5, 5.41) is 6.11. The first-order chi connectivity index (χ1) is 10.1. The molecular formula is C16H19BrN2O2. The van der Waals surface area contributed by atoms with Crippen LogP contribution in [0, 0.1) is 0 Å². The van der Waals surface area contributed by atoms with E-state index in [1.165, 1.54) is 0 Å². The molecule has 2 N–H and O–H groups in total. The molecule has 4 nitrogen and oxygen atoms in total. The highest BCUT2D eigenvalue weighted by atomic mass is 79.9. The lowest BCUT2D eigenvalue weighted by Crippen LogP contribution is -2.36. The van der Waals surface area contributed by atoms with Crippen LogP contribution in [-0.2, 0) is 4.79 Å². The molecule has 2 atom stereocenters. The summed E-state index contributed by atoms with van der Waals surface area (Å²) >= 11 is 3.40. The predicted octanol–water partition coefficient (Wildman–Crippen LogP) is 3.57. The van der Waals surface area contributed by atoms with Crippen molar-refractivity contribution in [2.45, 2.75) is 25.9 Å². The molecule has 0 aliphatic heterocycles. The number of furan rings is 1. The van der Waals surface area contributed by atoms with E-state index in [9.17, 15) is 4.79 Å². The van der Waals surface area contributed by atoms with Crippen molar-refractivity contribution in [3.63, 3.8) is 0 Å². The molecule has 2 rings (SSSR count). The zero-order valence-corrected chi connectivity index (χ0v) is 13.7. The Labute approximate surface area is 133 Å². The molecule has 0 radical (unpaired) electrons. The highest BCUT2D eigenvalue weighted by molar-refractivity contribution is 9.10. The van der Waals surface area contributed by atoms with Crippen LogP contribution in [0.25, 0.3) is 0 Å². The fraction of sp³-hybridized carbons (Fsp3) is 0.312. The van der Waals surface area contributed by atoms with Crippen molar-refractivity contribution >= 4 is 21.8 Å². The van der Waals surface area contributed by atoms with Crippen LogP contribution in [0.4, 0.5) is 0 Å². The average Bonchev–Trinajstić information content (AvgIpc) is 2.99. The average molecular weight is 351 g/mol. The summed E-state index contributed by atoms with van der Waals surface area (Å²) < 4.78 is 6.32. The van der Waals surface area contributed by atoms with Crippen LogP contribution in [0.3, 0.4) is 0 Å². The van der Waals surface area contributed by atoms with E-state index in [1.807, 2.05) is 50.2 Å². The Balaban J connectivity index is 1.80. The predicted molar refractivity (Wildman–Crippen MR) is 85.8 cm³/mol. The summed E-state index contributed by atoms with van der Waals surface area (Å²) in [6.07, 6.45) is 1.63. The topological polar surface area (TPSA) is 54.3 Å². The molecule has 112 valence electrons. The molecule has 1 aromatic heterocycles. The van der Waals surface area contributed by atoms with Crippen LogP contribution >= 0.6 is 15.9 Å². The van der Waals surface area contributed by atoms with Gasteiger partial charge in [-0.05, 0) is 43.7 Å². The van der Waals surface area contributed by atoms with Crippen LogP contribution in [0.1, 0.15) is 37.3 Å². The Morgan fingerprint density at radius 1 is 1.19 bits per heavy atom. The van der Waals surface area contributed by atoms with E-state index in [1.54, 1.807) is 6.26 Å². The molecule has 21 heavy (non-hydrogen) atoms. The fourth-order valence-corrected chi connectivity index (χ4v) is 2.28. The second kappa shape index (κ2) is 7.43. The number of hydrogen-bond acceptors (Lipinski definition) is 3. The van der Waals surface area contributed by atoms with Gasteiger partial charge in [0.25, 0.3) is 0 Å². The second-order valence-corrected chi connectivity index (χ2v) is 5.87. The fourth-order valence-electron chi connectivity index (χ4n) is 2.01. The van der Waals surface area contributed by atoms with Gasteiger partial charge in [-0.3, -0.25) is 10.1 Å². The Morgan fingerprint density at radius 2 is 1.90 bits per heavy atom. The number of nitrogens with one attached hydrogen (secondary N) is 2. The zero-order valence-electron chi connectivity index (χ0n) is 12.1. The van der Waals surface area contributed by atoms with Crippen LogP contribution in [0.15, 0.2) is 51.6 Å². The maximum atomic E-state index is 12.0. The Bertz CT molecular complexity index is 566. The lowest BCUT2D eigenvalue weighted by atomic mass is 10.1. The molecular weight excluding hydrogens is 332 g/mol. The lowest BCUT2D eigenvalue weighted by Gasteiger charge is -2.16. The van der Waals surface area contributed by atoms with Crippen LogP contribution in [0.5, 0.6) is 0 Å². The molecule has 0 aliphatic carbocycles. The van der Waals surface area contributed by atoms with Crippen molar-refractivity contribution in [1.29, 1.82) is 0 Å². The van der Waals surface area contributed by atoms with Gasteiger partial charge in [0.1, 0.15) is 5.76 Å². The molecule has 2 aromatic rings. The second-order valence-electron chi connectivity index (χ2n) is 4.96. The zero-order chi connectivity index (χ0) is 15.2. The summed E-state index contributed by atoms with van der Waals surface area (Å²) in [7, 11) is 0. The number of carbonyl (C=O) groups excluding carboxylic acids is 1. The van der Waals surface area contributed by atoms with Gasteiger partial charge in [-0.2, -0.15) is 0 Å². The third kappa shape index (κ3) is 4.72. The number of amides is 1. The first-order valence-electron chi connectivity index (χ1n) is 6.88. The minimum absolute atomic E-state index is 0.00809. The summed E-state index contributed by atoms with van der Waals surface area (Å²) in [5.74, 6) is 0.785. The van der Waals surface area contributed by atoms with E-state index >= 15 is 0 Å². The normalized spacial score (nSPS) is 13.7. The monoisotopic (exact) mass is 350 g/mol. The first kappa shape index (κ1) is 15.8. The van der Waals surface area contributed by atoms with Gasteiger partial charge in [0.05, 0.1) is 24.9 Å². The number of carbonyl (C=O) groups is 1. The molecule has 1 heterocycles. The molecule has 1 amide bonds.